The molecular weight excluding hydrogens is 563 g/mol. The van der Waals surface area contributed by atoms with Crippen molar-refractivity contribution in [2.45, 2.75) is 6.61 Å². The van der Waals surface area contributed by atoms with Crippen LogP contribution in [-0.4, -0.2) is 16.8 Å². The summed E-state index contributed by atoms with van der Waals surface area (Å²) in [6.07, 6.45) is 1.56. The van der Waals surface area contributed by atoms with Gasteiger partial charge in [0.1, 0.15) is 18.2 Å². The monoisotopic (exact) mass is 574 g/mol. The van der Waals surface area contributed by atoms with Crippen molar-refractivity contribution >= 4 is 55.5 Å². The Bertz CT molecular complexity index is 1280. The van der Waals surface area contributed by atoms with E-state index in [0.29, 0.717) is 25.8 Å². The highest BCUT2D eigenvalue weighted by atomic mass is 79.9. The zero-order valence-electron chi connectivity index (χ0n) is 16.6. The summed E-state index contributed by atoms with van der Waals surface area (Å²) < 4.78 is 25.4. The van der Waals surface area contributed by atoms with Gasteiger partial charge in [0.05, 0.1) is 13.9 Å². The van der Waals surface area contributed by atoms with Crippen molar-refractivity contribution in [2.24, 2.45) is 4.99 Å². The summed E-state index contributed by atoms with van der Waals surface area (Å²) in [5.41, 5.74) is 2.03. The second-order valence-corrected chi connectivity index (χ2v) is 8.58. The predicted molar refractivity (Wildman–Crippen MR) is 126 cm³/mol. The van der Waals surface area contributed by atoms with Gasteiger partial charge in [-0.25, -0.2) is 14.2 Å². The summed E-state index contributed by atoms with van der Waals surface area (Å²) >= 11 is 6.92. The summed E-state index contributed by atoms with van der Waals surface area (Å²) in [6.45, 7) is 0.202. The average molecular weight is 576 g/mol. The van der Waals surface area contributed by atoms with Crippen molar-refractivity contribution in [3.63, 3.8) is 0 Å². The molecule has 0 unspecified atom stereocenters. The van der Waals surface area contributed by atoms with Crippen LogP contribution in [0.15, 0.2) is 80.3 Å². The molecule has 0 fully saturated rings. The molecule has 0 amide bonds. The molecule has 0 spiro atoms. The van der Waals surface area contributed by atoms with E-state index < -0.39 is 16.7 Å². The molecule has 0 saturated heterocycles. The molecule has 10 heteroatoms. The lowest BCUT2D eigenvalue weighted by molar-refractivity contribution is -0.384. The van der Waals surface area contributed by atoms with E-state index in [1.165, 1.54) is 36.4 Å². The van der Waals surface area contributed by atoms with Crippen molar-refractivity contribution in [3.05, 3.63) is 108 Å². The van der Waals surface area contributed by atoms with Gasteiger partial charge in [-0.1, -0.05) is 0 Å². The largest absolute Gasteiger partial charge is 0.487 e. The Kier molecular flexibility index (Phi) is 6.66. The minimum atomic E-state index is -0.611. The Labute approximate surface area is 204 Å². The number of nitro groups is 1. The number of aliphatic imine (C=N–C) groups is 1. The molecule has 3 aromatic carbocycles. The maximum absolute atomic E-state index is 13.1. The first-order valence-electron chi connectivity index (χ1n) is 9.44. The third-order valence-electron chi connectivity index (χ3n) is 4.57. The van der Waals surface area contributed by atoms with E-state index in [4.69, 9.17) is 9.47 Å². The van der Waals surface area contributed by atoms with Gasteiger partial charge in [0.2, 0.25) is 5.90 Å². The average Bonchev–Trinajstić information content (AvgIpc) is 3.14. The quantitative estimate of drug-likeness (QED) is 0.151. The number of rotatable bonds is 6. The third kappa shape index (κ3) is 5.35. The molecule has 166 valence electrons. The van der Waals surface area contributed by atoms with Gasteiger partial charge in [-0.2, -0.15) is 0 Å². The maximum Gasteiger partial charge on any atom is 0.363 e. The number of carbonyl (C=O) groups excluding carboxylic acids is 1. The number of non-ortho nitro benzene ring substituents is 1. The van der Waals surface area contributed by atoms with Crippen molar-refractivity contribution in [1.29, 1.82) is 0 Å². The Hall–Kier alpha value is -3.37. The van der Waals surface area contributed by atoms with E-state index in [2.05, 4.69) is 36.9 Å². The van der Waals surface area contributed by atoms with Crippen molar-refractivity contribution in [3.8, 4) is 5.75 Å². The topological polar surface area (TPSA) is 91.0 Å². The Balaban J connectivity index is 1.51. The smallest absolute Gasteiger partial charge is 0.363 e. The van der Waals surface area contributed by atoms with Crippen LogP contribution in [0, 0.1) is 15.9 Å². The molecule has 1 heterocycles. The van der Waals surface area contributed by atoms with E-state index in [0.717, 1.165) is 5.56 Å². The van der Waals surface area contributed by atoms with Crippen LogP contribution in [0.5, 0.6) is 5.75 Å². The zero-order chi connectivity index (χ0) is 23.5. The first kappa shape index (κ1) is 22.8. The van der Waals surface area contributed by atoms with Crippen molar-refractivity contribution in [2.75, 3.05) is 0 Å². The number of hydrogen-bond acceptors (Lipinski definition) is 6. The lowest BCUT2D eigenvalue weighted by Gasteiger charge is -2.11. The molecule has 0 aliphatic carbocycles. The molecule has 0 atom stereocenters. The van der Waals surface area contributed by atoms with Gasteiger partial charge in [0, 0.05) is 17.7 Å². The van der Waals surface area contributed by atoms with Crippen LogP contribution in [0.1, 0.15) is 16.7 Å². The summed E-state index contributed by atoms with van der Waals surface area (Å²) in [5, 5.41) is 10.8. The Morgan fingerprint density at radius 2 is 1.70 bits per heavy atom. The summed E-state index contributed by atoms with van der Waals surface area (Å²) in [5.74, 6) is -0.377. The van der Waals surface area contributed by atoms with Gasteiger partial charge in [-0.3, -0.25) is 10.1 Å². The summed E-state index contributed by atoms with van der Waals surface area (Å²) in [7, 11) is 0. The fraction of sp³-hybridized carbons (Fsp3) is 0.0435. The first-order valence-corrected chi connectivity index (χ1v) is 11.0. The summed E-state index contributed by atoms with van der Waals surface area (Å²) in [6, 6.07) is 15.1. The van der Waals surface area contributed by atoms with Gasteiger partial charge < -0.3 is 9.47 Å². The molecule has 0 aromatic heterocycles. The van der Waals surface area contributed by atoms with Crippen LogP contribution < -0.4 is 4.74 Å². The molecular formula is C23H13Br2FN2O5. The lowest BCUT2D eigenvalue weighted by Crippen LogP contribution is -2.05. The fourth-order valence-corrected chi connectivity index (χ4v) is 4.40. The highest BCUT2D eigenvalue weighted by Gasteiger charge is 2.24. The molecule has 0 saturated carbocycles. The number of halogens is 3. The zero-order valence-corrected chi connectivity index (χ0v) is 19.8. The van der Waals surface area contributed by atoms with Gasteiger partial charge in [0.25, 0.3) is 5.69 Å². The number of nitrogens with zero attached hydrogens (tertiary/aromatic N) is 2. The van der Waals surface area contributed by atoms with Crippen LogP contribution in [0.2, 0.25) is 0 Å². The number of benzene rings is 3. The van der Waals surface area contributed by atoms with E-state index in [-0.39, 0.29) is 23.9 Å². The number of carbonyl (C=O) groups is 1. The molecule has 7 nitrogen and oxygen atoms in total. The number of ether oxygens (including phenoxy) is 2. The van der Waals surface area contributed by atoms with E-state index in [1.54, 1.807) is 30.3 Å². The normalized spacial score (nSPS) is 14.2. The van der Waals surface area contributed by atoms with Gasteiger partial charge in [-0.15, -0.1) is 0 Å². The molecule has 0 bridgehead atoms. The molecule has 0 N–H and O–H groups in total. The maximum atomic E-state index is 13.1. The van der Waals surface area contributed by atoms with E-state index >= 15 is 0 Å². The van der Waals surface area contributed by atoms with Crippen LogP contribution in [0.25, 0.3) is 6.08 Å². The van der Waals surface area contributed by atoms with Crippen LogP contribution in [0.4, 0.5) is 10.1 Å². The lowest BCUT2D eigenvalue weighted by atomic mass is 10.2. The molecule has 4 rings (SSSR count). The predicted octanol–water partition coefficient (Wildman–Crippen LogP) is 6.18. The Morgan fingerprint density at radius 1 is 1.06 bits per heavy atom. The first-order chi connectivity index (χ1) is 15.8. The number of esters is 1. The van der Waals surface area contributed by atoms with Gasteiger partial charge in [0.15, 0.2) is 5.70 Å². The van der Waals surface area contributed by atoms with E-state index in [1.807, 2.05) is 0 Å². The number of cyclic esters (lactones) is 1. The van der Waals surface area contributed by atoms with Gasteiger partial charge in [-0.05, 0) is 97.6 Å². The Morgan fingerprint density at radius 3 is 2.30 bits per heavy atom. The minimum Gasteiger partial charge on any atom is -0.487 e. The molecule has 1 aliphatic heterocycles. The fourth-order valence-electron chi connectivity index (χ4n) is 2.95. The van der Waals surface area contributed by atoms with E-state index in [9.17, 15) is 19.3 Å². The molecule has 1 aliphatic rings. The van der Waals surface area contributed by atoms with Crippen LogP contribution in [0.3, 0.4) is 0 Å². The third-order valence-corrected chi connectivity index (χ3v) is 5.74. The highest BCUT2D eigenvalue weighted by Crippen LogP contribution is 2.36. The minimum absolute atomic E-state index is 0.00850. The second-order valence-electron chi connectivity index (χ2n) is 6.87. The van der Waals surface area contributed by atoms with Crippen molar-refractivity contribution < 1.29 is 23.6 Å². The molecule has 33 heavy (non-hydrogen) atoms. The molecule has 0 radical (unpaired) electrons. The van der Waals surface area contributed by atoms with Crippen LogP contribution >= 0.6 is 31.9 Å². The second kappa shape index (κ2) is 9.63. The molecule has 3 aromatic rings. The number of nitro benzene ring substituents is 1. The van der Waals surface area contributed by atoms with Crippen LogP contribution in [-0.2, 0) is 16.1 Å². The SMILES string of the molecule is O=C1OC(c2ccc(F)cc2)=N/C1=C\c1cc(Br)c(OCc2ccc([N+](=O)[O-])cc2)c(Br)c1. The van der Waals surface area contributed by atoms with Gasteiger partial charge >= 0.3 is 5.97 Å². The highest BCUT2D eigenvalue weighted by molar-refractivity contribution is 9.11. The summed E-state index contributed by atoms with van der Waals surface area (Å²) in [4.78, 5) is 26.7. The number of hydrogen-bond donors (Lipinski definition) is 0. The standard InChI is InChI=1S/C23H13Br2FN2O5/c24-18-9-14(11-20-23(29)33-22(27-20)15-3-5-16(26)6-4-15)10-19(25)21(18)32-12-13-1-7-17(8-2-13)28(30)31/h1-11H,12H2/b20-11-. The van der Waals surface area contributed by atoms with Crippen molar-refractivity contribution in [1.82, 2.24) is 0 Å².